The highest BCUT2D eigenvalue weighted by molar-refractivity contribution is 5.75. The highest BCUT2D eigenvalue weighted by atomic mass is 16.3. The van der Waals surface area contributed by atoms with Crippen LogP contribution < -0.4 is 16.6 Å². The van der Waals surface area contributed by atoms with Crippen LogP contribution in [-0.4, -0.2) is 42.3 Å². The third-order valence-electron chi connectivity index (χ3n) is 4.62. The molecule has 1 saturated carbocycles. The van der Waals surface area contributed by atoms with Crippen LogP contribution in [0.3, 0.4) is 0 Å². The lowest BCUT2D eigenvalue weighted by molar-refractivity contribution is 0.311. The van der Waals surface area contributed by atoms with E-state index in [0.717, 1.165) is 19.3 Å². The number of rotatable bonds is 7. The van der Waals surface area contributed by atoms with E-state index in [2.05, 4.69) is 20.3 Å². The maximum atomic E-state index is 12.8. The summed E-state index contributed by atoms with van der Waals surface area (Å²) in [7, 11) is 0. The SMILES string of the molecule is CCCn1c(=O)n(C2CC2)c(=O)c2[nH]c(-c3ccc(NCCO)nc3)nc21. The monoisotopic (exact) mass is 370 g/mol. The van der Waals surface area contributed by atoms with Crippen molar-refractivity contribution >= 4 is 17.0 Å². The van der Waals surface area contributed by atoms with Gasteiger partial charge in [0.2, 0.25) is 0 Å². The van der Waals surface area contributed by atoms with E-state index in [1.165, 1.54) is 4.57 Å². The molecule has 0 saturated heterocycles. The van der Waals surface area contributed by atoms with Crippen molar-refractivity contribution in [1.29, 1.82) is 0 Å². The van der Waals surface area contributed by atoms with Gasteiger partial charge in [-0.1, -0.05) is 6.92 Å². The topological polar surface area (TPSA) is 118 Å². The molecule has 0 atom stereocenters. The molecule has 1 fully saturated rings. The molecule has 9 heteroatoms. The number of aromatic nitrogens is 5. The number of pyridine rings is 1. The molecule has 27 heavy (non-hydrogen) atoms. The second-order valence-corrected chi connectivity index (χ2v) is 6.71. The Labute approximate surface area is 154 Å². The van der Waals surface area contributed by atoms with Crippen LogP contribution in [0, 0.1) is 0 Å². The standard InChI is InChI=1S/C18H22N6O3/c1-2-8-23-16-14(17(26)24(18(23)27)12-4-5-12)21-15(22-16)11-3-6-13(20-10-11)19-7-9-25/h3,6,10,12,25H,2,4-5,7-9H2,1H3,(H,19,20)(H,21,22). The van der Waals surface area contributed by atoms with E-state index in [4.69, 9.17) is 5.11 Å². The number of hydrogen-bond acceptors (Lipinski definition) is 6. The van der Waals surface area contributed by atoms with Crippen molar-refractivity contribution in [2.24, 2.45) is 0 Å². The first-order valence-electron chi connectivity index (χ1n) is 9.20. The first kappa shape index (κ1) is 17.5. The fraction of sp³-hybridized carbons (Fsp3) is 0.444. The Morgan fingerprint density at radius 1 is 1.33 bits per heavy atom. The van der Waals surface area contributed by atoms with Crippen LogP contribution in [0.5, 0.6) is 0 Å². The zero-order chi connectivity index (χ0) is 19.0. The van der Waals surface area contributed by atoms with Gasteiger partial charge in [-0.15, -0.1) is 0 Å². The van der Waals surface area contributed by atoms with E-state index in [-0.39, 0.29) is 23.9 Å². The summed E-state index contributed by atoms with van der Waals surface area (Å²) < 4.78 is 2.94. The third kappa shape index (κ3) is 3.14. The van der Waals surface area contributed by atoms with E-state index in [0.29, 0.717) is 41.5 Å². The summed E-state index contributed by atoms with van der Waals surface area (Å²) in [5.74, 6) is 1.14. The molecule has 0 unspecified atom stereocenters. The molecule has 0 aliphatic heterocycles. The number of hydrogen-bond donors (Lipinski definition) is 3. The molecule has 0 radical (unpaired) electrons. The van der Waals surface area contributed by atoms with Crippen LogP contribution in [0.1, 0.15) is 32.2 Å². The zero-order valence-corrected chi connectivity index (χ0v) is 15.1. The molecule has 4 rings (SSSR count). The predicted octanol–water partition coefficient (Wildman–Crippen LogP) is 1.10. The molecule has 0 amide bonds. The molecule has 9 nitrogen and oxygen atoms in total. The first-order chi connectivity index (χ1) is 13.1. The molecule has 3 heterocycles. The summed E-state index contributed by atoms with van der Waals surface area (Å²) >= 11 is 0. The molecule has 0 spiro atoms. The first-order valence-corrected chi connectivity index (χ1v) is 9.20. The summed E-state index contributed by atoms with van der Waals surface area (Å²) in [6.45, 7) is 2.94. The van der Waals surface area contributed by atoms with Gasteiger partial charge < -0.3 is 15.4 Å². The van der Waals surface area contributed by atoms with E-state index < -0.39 is 0 Å². The van der Waals surface area contributed by atoms with Gasteiger partial charge >= 0.3 is 5.69 Å². The fourth-order valence-corrected chi connectivity index (χ4v) is 3.18. The minimum absolute atomic E-state index is 0.00260. The van der Waals surface area contributed by atoms with E-state index in [1.807, 2.05) is 13.0 Å². The highest BCUT2D eigenvalue weighted by Gasteiger charge is 2.29. The number of aliphatic hydroxyl groups is 1. The van der Waals surface area contributed by atoms with Crippen molar-refractivity contribution in [3.63, 3.8) is 0 Å². The number of H-pyrrole nitrogens is 1. The Hall–Kier alpha value is -2.94. The largest absolute Gasteiger partial charge is 0.395 e. The number of imidazole rings is 1. The zero-order valence-electron chi connectivity index (χ0n) is 15.1. The van der Waals surface area contributed by atoms with Gasteiger partial charge in [-0.05, 0) is 31.4 Å². The Morgan fingerprint density at radius 3 is 2.78 bits per heavy atom. The van der Waals surface area contributed by atoms with Gasteiger partial charge in [0, 0.05) is 30.9 Å². The highest BCUT2D eigenvalue weighted by Crippen LogP contribution is 2.32. The van der Waals surface area contributed by atoms with Crippen molar-refractivity contribution in [2.75, 3.05) is 18.5 Å². The molecule has 1 aliphatic carbocycles. The average Bonchev–Trinajstić information content (AvgIpc) is 3.41. The second-order valence-electron chi connectivity index (χ2n) is 6.71. The Bertz CT molecular complexity index is 1080. The molecule has 0 aromatic carbocycles. The van der Waals surface area contributed by atoms with Crippen molar-refractivity contribution in [2.45, 2.75) is 38.8 Å². The van der Waals surface area contributed by atoms with Crippen molar-refractivity contribution < 1.29 is 5.11 Å². The lowest BCUT2D eigenvalue weighted by Crippen LogP contribution is -2.39. The van der Waals surface area contributed by atoms with E-state index in [1.54, 1.807) is 16.8 Å². The summed E-state index contributed by atoms with van der Waals surface area (Å²) in [5, 5.41) is 11.8. The molecule has 3 N–H and O–H groups in total. The van der Waals surface area contributed by atoms with Gasteiger partial charge in [-0.2, -0.15) is 0 Å². The Morgan fingerprint density at radius 2 is 2.15 bits per heavy atom. The molecular weight excluding hydrogens is 348 g/mol. The minimum Gasteiger partial charge on any atom is -0.395 e. The summed E-state index contributed by atoms with van der Waals surface area (Å²) in [6, 6.07) is 3.61. The maximum Gasteiger partial charge on any atom is 0.333 e. The van der Waals surface area contributed by atoms with Crippen molar-refractivity contribution in [1.82, 2.24) is 24.1 Å². The predicted molar refractivity (Wildman–Crippen MR) is 102 cm³/mol. The van der Waals surface area contributed by atoms with Crippen LogP contribution in [0.15, 0.2) is 27.9 Å². The molecule has 142 valence electrons. The molecular formula is C18H22N6O3. The van der Waals surface area contributed by atoms with Gasteiger partial charge in [0.1, 0.15) is 17.2 Å². The number of nitrogens with zero attached hydrogens (tertiary/aromatic N) is 4. The number of aliphatic hydroxyl groups excluding tert-OH is 1. The van der Waals surface area contributed by atoms with Gasteiger partial charge in [0.05, 0.1) is 6.61 Å². The Balaban J connectivity index is 1.81. The van der Waals surface area contributed by atoms with E-state index in [9.17, 15) is 9.59 Å². The summed E-state index contributed by atoms with van der Waals surface area (Å²) in [6.07, 6.45) is 4.13. The second kappa shape index (κ2) is 6.99. The van der Waals surface area contributed by atoms with Gasteiger partial charge in [-0.3, -0.25) is 13.9 Å². The van der Waals surface area contributed by atoms with Crippen LogP contribution in [0.25, 0.3) is 22.6 Å². The number of aromatic amines is 1. The summed E-state index contributed by atoms with van der Waals surface area (Å²) in [5.41, 5.74) is 0.872. The van der Waals surface area contributed by atoms with Crippen LogP contribution in [0.4, 0.5) is 5.82 Å². The normalized spacial score (nSPS) is 14.0. The average molecular weight is 370 g/mol. The molecule has 3 aromatic rings. The summed E-state index contributed by atoms with van der Waals surface area (Å²) in [4.78, 5) is 37.5. The lowest BCUT2D eigenvalue weighted by Gasteiger charge is -2.09. The maximum absolute atomic E-state index is 12.8. The van der Waals surface area contributed by atoms with Crippen LogP contribution in [-0.2, 0) is 6.54 Å². The van der Waals surface area contributed by atoms with Crippen molar-refractivity contribution in [3.8, 4) is 11.4 Å². The third-order valence-corrected chi connectivity index (χ3v) is 4.62. The number of anilines is 1. The Kier molecular flexibility index (Phi) is 4.53. The van der Waals surface area contributed by atoms with Gasteiger partial charge in [-0.25, -0.2) is 14.8 Å². The number of fused-ring (bicyclic) bond motifs is 1. The smallest absolute Gasteiger partial charge is 0.333 e. The number of nitrogens with one attached hydrogen (secondary N) is 2. The number of aryl methyl sites for hydroxylation is 1. The van der Waals surface area contributed by atoms with E-state index >= 15 is 0 Å². The molecule has 0 bridgehead atoms. The molecule has 3 aromatic heterocycles. The quantitative estimate of drug-likeness (QED) is 0.573. The fourth-order valence-electron chi connectivity index (χ4n) is 3.18. The van der Waals surface area contributed by atoms with Gasteiger partial charge in [0.15, 0.2) is 5.65 Å². The lowest BCUT2D eigenvalue weighted by atomic mass is 10.2. The van der Waals surface area contributed by atoms with Crippen LogP contribution in [0.2, 0.25) is 0 Å². The molecule has 1 aliphatic rings. The van der Waals surface area contributed by atoms with Crippen LogP contribution >= 0.6 is 0 Å². The minimum atomic E-state index is -0.308. The van der Waals surface area contributed by atoms with Crippen molar-refractivity contribution in [3.05, 3.63) is 39.2 Å². The van der Waals surface area contributed by atoms with Gasteiger partial charge in [0.25, 0.3) is 5.56 Å².